The number of amides is 1. The van der Waals surface area contributed by atoms with E-state index in [1.54, 1.807) is 6.92 Å². The van der Waals surface area contributed by atoms with E-state index in [0.717, 1.165) is 32.5 Å². The molecule has 8 rings (SSSR count). The third-order valence-electron chi connectivity index (χ3n) is 11.1. The first-order chi connectivity index (χ1) is 25.5. The van der Waals surface area contributed by atoms with Gasteiger partial charge in [-0.1, -0.05) is 18.6 Å². The number of carbonyl (C=O) groups excluding carboxylic acids is 1. The summed E-state index contributed by atoms with van der Waals surface area (Å²) in [6, 6.07) is 4.93. The monoisotopic (exact) mass is 725 g/mol. The van der Waals surface area contributed by atoms with Crippen LogP contribution < -0.4 is 15.0 Å². The third-order valence-corrected chi connectivity index (χ3v) is 11.1. The fourth-order valence-corrected chi connectivity index (χ4v) is 8.28. The van der Waals surface area contributed by atoms with Gasteiger partial charge < -0.3 is 34.6 Å². The second-order valence-electron chi connectivity index (χ2n) is 14.7. The number of aromatic hydroxyl groups is 1. The van der Waals surface area contributed by atoms with Gasteiger partial charge in [-0.25, -0.2) is 13.8 Å². The van der Waals surface area contributed by atoms with Crippen LogP contribution in [0.5, 0.6) is 11.6 Å². The van der Waals surface area contributed by atoms with E-state index in [2.05, 4.69) is 27.7 Å². The van der Waals surface area contributed by atoms with E-state index >= 15 is 8.78 Å². The van der Waals surface area contributed by atoms with Gasteiger partial charge in [0.2, 0.25) is 11.8 Å². The summed E-state index contributed by atoms with van der Waals surface area (Å²) in [5.41, 5.74) is -1.09. The highest BCUT2D eigenvalue weighted by molar-refractivity contribution is 6.03. The number of pyridine rings is 2. The minimum Gasteiger partial charge on any atom is -0.508 e. The van der Waals surface area contributed by atoms with Crippen molar-refractivity contribution in [3.05, 3.63) is 65.9 Å². The standard InChI is InChI=1S/C40H41F2N5O6/c1-4-26-29(41)7-6-23-16-25(48)17-27(32(23)26)35-34(42)36-28(19-43-35)37(47-12-15-52-21-24(20-47)44-31(49)5-2)33-38(45-36)53-30(18-39(33,3)50)40(8-9-40)22-46-10-13-51-14-11-46/h1,5-7,16-17,19,24,30,48,50H,2,8-15,18,20-22H2,3H3,(H,44,49)/t24-,30-,39+/m0/s1. The number of benzene rings is 2. The van der Waals surface area contributed by atoms with Crippen LogP contribution in [0.2, 0.25) is 0 Å². The summed E-state index contributed by atoms with van der Waals surface area (Å²) in [4.78, 5) is 26.0. The van der Waals surface area contributed by atoms with Gasteiger partial charge in [0.25, 0.3) is 0 Å². The predicted molar refractivity (Wildman–Crippen MR) is 195 cm³/mol. The number of phenols is 1. The highest BCUT2D eigenvalue weighted by Crippen LogP contribution is 2.57. The third kappa shape index (κ3) is 6.33. The minimum absolute atomic E-state index is 0.0905. The first kappa shape index (κ1) is 35.2. The van der Waals surface area contributed by atoms with Crippen LogP contribution in [0, 0.1) is 29.4 Å². The molecule has 1 aliphatic carbocycles. The maximum Gasteiger partial charge on any atom is 0.243 e. The molecular weight excluding hydrogens is 684 g/mol. The molecule has 5 heterocycles. The molecule has 1 saturated carbocycles. The van der Waals surface area contributed by atoms with Crippen molar-refractivity contribution in [2.75, 3.05) is 64.1 Å². The Morgan fingerprint density at radius 1 is 1.19 bits per heavy atom. The van der Waals surface area contributed by atoms with Crippen LogP contribution in [-0.2, 0) is 19.9 Å². The lowest BCUT2D eigenvalue weighted by Gasteiger charge is -2.43. The van der Waals surface area contributed by atoms with E-state index < -0.39 is 29.4 Å². The summed E-state index contributed by atoms with van der Waals surface area (Å²) in [5, 5.41) is 26.9. The molecule has 11 nitrogen and oxygen atoms in total. The maximum absolute atomic E-state index is 17.3. The number of carbonyl (C=O) groups is 1. The zero-order valence-corrected chi connectivity index (χ0v) is 29.5. The normalized spacial score (nSPS) is 24.2. The molecule has 0 radical (unpaired) electrons. The number of nitrogens with one attached hydrogen (secondary N) is 1. The number of anilines is 1. The molecule has 276 valence electrons. The lowest BCUT2D eigenvalue weighted by molar-refractivity contribution is -0.117. The van der Waals surface area contributed by atoms with Crippen LogP contribution in [0.1, 0.15) is 37.3 Å². The Labute approximate surface area is 305 Å². The van der Waals surface area contributed by atoms with Crippen LogP contribution in [-0.4, -0.2) is 102 Å². The van der Waals surface area contributed by atoms with Gasteiger partial charge in [-0.15, -0.1) is 6.42 Å². The molecule has 3 atom stereocenters. The van der Waals surface area contributed by atoms with Crippen molar-refractivity contribution >= 4 is 33.3 Å². The molecule has 0 unspecified atom stereocenters. The van der Waals surface area contributed by atoms with Gasteiger partial charge >= 0.3 is 0 Å². The molecule has 3 N–H and O–H groups in total. The molecule has 1 amide bonds. The number of halogens is 2. The SMILES string of the molecule is C#Cc1c(F)ccc2cc(O)cc(-c3ncc4c(N5CCOC[C@@H](NC(=O)C=C)C5)c5c(nc4c3F)O[C@H](C3(CN4CCOCC4)CC3)C[C@@]5(C)O)c12. The Hall–Kier alpha value is -4.87. The van der Waals surface area contributed by atoms with Gasteiger partial charge in [0.1, 0.15) is 28.9 Å². The lowest BCUT2D eigenvalue weighted by Crippen LogP contribution is -2.49. The summed E-state index contributed by atoms with van der Waals surface area (Å²) in [6.45, 7) is 10.1. The van der Waals surface area contributed by atoms with Gasteiger partial charge in [-0.2, -0.15) is 0 Å². The molecule has 3 aliphatic heterocycles. The topological polar surface area (TPSA) is 130 Å². The summed E-state index contributed by atoms with van der Waals surface area (Å²) in [7, 11) is 0. The van der Waals surface area contributed by atoms with Gasteiger partial charge in [0.15, 0.2) is 5.82 Å². The van der Waals surface area contributed by atoms with Crippen LogP contribution >= 0.6 is 0 Å². The minimum atomic E-state index is -1.45. The molecule has 53 heavy (non-hydrogen) atoms. The van der Waals surface area contributed by atoms with Crippen LogP contribution in [0.3, 0.4) is 0 Å². The fraction of sp³-hybridized carbons (Fsp3) is 0.425. The second-order valence-corrected chi connectivity index (χ2v) is 14.7. The fourth-order valence-electron chi connectivity index (χ4n) is 8.28. The number of hydrogen-bond donors (Lipinski definition) is 3. The van der Waals surface area contributed by atoms with Gasteiger partial charge in [0, 0.05) is 67.1 Å². The Balaban J connectivity index is 1.32. The van der Waals surface area contributed by atoms with Gasteiger partial charge in [-0.05, 0) is 49.4 Å². The first-order valence-corrected chi connectivity index (χ1v) is 17.9. The highest BCUT2D eigenvalue weighted by atomic mass is 19.1. The predicted octanol–water partition coefficient (Wildman–Crippen LogP) is 4.39. The van der Waals surface area contributed by atoms with E-state index in [1.807, 2.05) is 4.90 Å². The maximum atomic E-state index is 17.3. The van der Waals surface area contributed by atoms with Crippen molar-refractivity contribution in [3.63, 3.8) is 0 Å². The molecule has 2 saturated heterocycles. The number of nitrogens with zero attached hydrogens (tertiary/aromatic N) is 4. The van der Waals surface area contributed by atoms with Crippen LogP contribution in [0.4, 0.5) is 14.5 Å². The van der Waals surface area contributed by atoms with Crippen molar-refractivity contribution in [2.24, 2.45) is 5.41 Å². The molecule has 2 aromatic carbocycles. The summed E-state index contributed by atoms with van der Waals surface area (Å²) < 4.78 is 50.5. The number of fused-ring (bicyclic) bond motifs is 3. The highest BCUT2D eigenvalue weighted by Gasteiger charge is 2.56. The summed E-state index contributed by atoms with van der Waals surface area (Å²) in [6.07, 6.45) is 10.1. The van der Waals surface area contributed by atoms with E-state index in [0.29, 0.717) is 41.8 Å². The van der Waals surface area contributed by atoms with E-state index in [4.69, 9.17) is 25.6 Å². The molecule has 2 aromatic heterocycles. The zero-order chi connectivity index (χ0) is 37.1. The van der Waals surface area contributed by atoms with Gasteiger partial charge in [-0.3, -0.25) is 14.7 Å². The number of aromatic nitrogens is 2. The molecule has 3 fully saturated rings. The molecule has 4 aliphatic rings. The number of terminal acetylenes is 1. The van der Waals surface area contributed by atoms with E-state index in [9.17, 15) is 15.0 Å². The summed E-state index contributed by atoms with van der Waals surface area (Å²) >= 11 is 0. The zero-order valence-electron chi connectivity index (χ0n) is 29.5. The largest absolute Gasteiger partial charge is 0.508 e. The quantitative estimate of drug-likeness (QED) is 0.186. The summed E-state index contributed by atoms with van der Waals surface area (Å²) in [5.74, 6) is 0.416. The number of morpholine rings is 1. The number of phenolic OH excluding ortho intramolecular Hbond substituents is 1. The average molecular weight is 726 g/mol. The second kappa shape index (κ2) is 13.5. The van der Waals surface area contributed by atoms with Crippen molar-refractivity contribution in [1.82, 2.24) is 20.2 Å². The van der Waals surface area contributed by atoms with Crippen molar-refractivity contribution in [2.45, 2.75) is 43.9 Å². The van der Waals surface area contributed by atoms with E-state index in [-0.39, 0.29) is 76.9 Å². The lowest BCUT2D eigenvalue weighted by atomic mass is 9.80. The number of rotatable bonds is 7. The first-order valence-electron chi connectivity index (χ1n) is 17.9. The number of aliphatic hydroxyl groups is 1. The molecule has 0 spiro atoms. The van der Waals surface area contributed by atoms with Crippen molar-refractivity contribution < 1.29 is 38.0 Å². The van der Waals surface area contributed by atoms with Crippen LogP contribution in [0.25, 0.3) is 32.9 Å². The Morgan fingerprint density at radius 3 is 2.70 bits per heavy atom. The van der Waals surface area contributed by atoms with Gasteiger partial charge in [0.05, 0.1) is 54.9 Å². The van der Waals surface area contributed by atoms with Crippen molar-refractivity contribution in [1.29, 1.82) is 0 Å². The molecule has 4 aromatic rings. The average Bonchev–Trinajstić information content (AvgIpc) is 3.96. The molecule has 0 bridgehead atoms. The Morgan fingerprint density at radius 2 is 1.96 bits per heavy atom. The van der Waals surface area contributed by atoms with Crippen molar-refractivity contribution in [3.8, 4) is 35.2 Å². The number of hydrogen-bond acceptors (Lipinski definition) is 10. The molecule has 13 heteroatoms. The number of ether oxygens (including phenoxy) is 3. The van der Waals surface area contributed by atoms with Crippen LogP contribution in [0.15, 0.2) is 43.1 Å². The Kier molecular flexibility index (Phi) is 8.97. The molecular formula is C40H41F2N5O6. The smallest absolute Gasteiger partial charge is 0.243 e. The Bertz CT molecular complexity index is 2180. The van der Waals surface area contributed by atoms with E-state index in [1.165, 1.54) is 36.5 Å².